The molecule has 0 spiro atoms. The van der Waals surface area contributed by atoms with Crippen LogP contribution in [-0.4, -0.2) is 19.6 Å². The Morgan fingerprint density at radius 3 is 2.38 bits per heavy atom. The van der Waals surface area contributed by atoms with E-state index in [2.05, 4.69) is 69.6 Å². The van der Waals surface area contributed by atoms with E-state index in [-0.39, 0.29) is 0 Å². The van der Waals surface area contributed by atoms with E-state index in [1.54, 1.807) is 0 Å². The Balaban J connectivity index is 1.57. The minimum absolute atomic E-state index is 0.786. The lowest BCUT2D eigenvalue weighted by Crippen LogP contribution is -2.15. The lowest BCUT2D eigenvalue weighted by atomic mass is 10.1. The zero-order valence-electron chi connectivity index (χ0n) is 15.7. The zero-order valence-corrected chi connectivity index (χ0v) is 17.3. The second-order valence-electron chi connectivity index (χ2n) is 6.48. The lowest BCUT2D eigenvalue weighted by molar-refractivity contribution is 0.672. The van der Waals surface area contributed by atoms with Crippen LogP contribution >= 0.6 is 15.9 Å². The van der Waals surface area contributed by atoms with E-state index < -0.39 is 0 Å². The van der Waals surface area contributed by atoms with Gasteiger partial charge in [-0.25, -0.2) is 0 Å². The minimum atomic E-state index is 0.786. The van der Waals surface area contributed by atoms with Gasteiger partial charge in [0.1, 0.15) is 0 Å². The molecule has 0 fully saturated rings. The molecule has 26 heavy (non-hydrogen) atoms. The predicted octanol–water partition coefficient (Wildman–Crippen LogP) is 3.84. The fraction of sp³-hybridized carbons (Fsp3) is 0.400. The van der Waals surface area contributed by atoms with Crippen molar-refractivity contribution in [2.75, 3.05) is 0 Å². The molecule has 3 rings (SSSR count). The largest absolute Gasteiger partial charge is 0.308 e. The molecule has 0 saturated carbocycles. The van der Waals surface area contributed by atoms with E-state index in [4.69, 9.17) is 0 Å². The van der Waals surface area contributed by atoms with Gasteiger partial charge in [-0.1, -0.05) is 38.1 Å². The Morgan fingerprint density at radius 2 is 1.77 bits per heavy atom. The Hall–Kier alpha value is -1.92. The Morgan fingerprint density at radius 1 is 1.04 bits per heavy atom. The van der Waals surface area contributed by atoms with Gasteiger partial charge < -0.3 is 5.32 Å². The minimum Gasteiger partial charge on any atom is -0.308 e. The van der Waals surface area contributed by atoms with Crippen LogP contribution in [0.1, 0.15) is 41.9 Å². The molecule has 0 aliphatic carbocycles. The van der Waals surface area contributed by atoms with Gasteiger partial charge in [-0.05, 0) is 39.9 Å². The van der Waals surface area contributed by atoms with Crippen LogP contribution in [0.2, 0.25) is 0 Å². The predicted molar refractivity (Wildman–Crippen MR) is 108 cm³/mol. The van der Waals surface area contributed by atoms with Crippen molar-refractivity contribution < 1.29 is 0 Å². The van der Waals surface area contributed by atoms with Gasteiger partial charge in [0.15, 0.2) is 0 Å². The molecule has 0 aliphatic rings. The number of benzene rings is 1. The molecular weight excluding hydrogens is 390 g/mol. The second kappa shape index (κ2) is 8.64. The first-order valence-electron chi connectivity index (χ1n) is 9.10. The first-order chi connectivity index (χ1) is 12.6. The van der Waals surface area contributed by atoms with Crippen molar-refractivity contribution in [1.29, 1.82) is 0 Å². The number of nitrogens with one attached hydrogen (secondary N) is 1. The van der Waals surface area contributed by atoms with Crippen molar-refractivity contribution in [2.45, 2.75) is 46.3 Å². The van der Waals surface area contributed by atoms with E-state index in [1.165, 1.54) is 28.1 Å². The summed E-state index contributed by atoms with van der Waals surface area (Å²) in [7, 11) is 2.04. The van der Waals surface area contributed by atoms with Crippen molar-refractivity contribution >= 4 is 15.9 Å². The summed E-state index contributed by atoms with van der Waals surface area (Å²) in [5, 5.41) is 12.5. The van der Waals surface area contributed by atoms with E-state index in [1.807, 2.05) is 28.8 Å². The number of hydrogen-bond donors (Lipinski definition) is 1. The van der Waals surface area contributed by atoms with Gasteiger partial charge in [0.05, 0.1) is 22.9 Å². The smallest absolute Gasteiger partial charge is 0.0669 e. The average Bonchev–Trinajstić information content (AvgIpc) is 3.18. The molecule has 138 valence electrons. The van der Waals surface area contributed by atoms with Crippen LogP contribution in [0.3, 0.4) is 0 Å². The molecule has 0 bridgehead atoms. The maximum Gasteiger partial charge on any atom is 0.0669 e. The molecule has 0 saturated heterocycles. The molecule has 1 aromatic carbocycles. The number of hydrogen-bond acceptors (Lipinski definition) is 3. The number of halogens is 1. The van der Waals surface area contributed by atoms with Crippen LogP contribution in [-0.2, 0) is 39.5 Å². The fourth-order valence-electron chi connectivity index (χ4n) is 3.30. The third-order valence-electron chi connectivity index (χ3n) is 4.63. The van der Waals surface area contributed by atoms with Gasteiger partial charge in [0.2, 0.25) is 0 Å². The zero-order chi connectivity index (χ0) is 18.5. The summed E-state index contributed by atoms with van der Waals surface area (Å²) >= 11 is 3.43. The highest BCUT2D eigenvalue weighted by Crippen LogP contribution is 2.16. The van der Waals surface area contributed by atoms with Gasteiger partial charge in [-0.2, -0.15) is 10.2 Å². The quantitative estimate of drug-likeness (QED) is 0.607. The monoisotopic (exact) mass is 415 g/mol. The van der Waals surface area contributed by atoms with E-state index in [0.717, 1.165) is 36.9 Å². The van der Waals surface area contributed by atoms with Crippen LogP contribution in [0.15, 0.2) is 41.1 Å². The van der Waals surface area contributed by atoms with Crippen LogP contribution < -0.4 is 5.32 Å². The van der Waals surface area contributed by atoms with E-state index in [9.17, 15) is 0 Å². The normalized spacial score (nSPS) is 11.2. The Bertz CT molecular complexity index is 848. The summed E-state index contributed by atoms with van der Waals surface area (Å²) in [6.45, 7) is 6.87. The SMILES string of the molecule is CCc1nn(C)c(CC)c1CNCc1ccc(Cn2cc(Br)cn2)cc1. The molecule has 0 amide bonds. The molecule has 5 nitrogen and oxygen atoms in total. The maximum absolute atomic E-state index is 4.64. The highest BCUT2D eigenvalue weighted by atomic mass is 79.9. The van der Waals surface area contributed by atoms with Crippen molar-refractivity contribution in [3.63, 3.8) is 0 Å². The van der Waals surface area contributed by atoms with Gasteiger partial charge in [-0.15, -0.1) is 0 Å². The topological polar surface area (TPSA) is 47.7 Å². The highest BCUT2D eigenvalue weighted by molar-refractivity contribution is 9.10. The molecule has 0 unspecified atom stereocenters. The lowest BCUT2D eigenvalue weighted by Gasteiger charge is -2.08. The van der Waals surface area contributed by atoms with Crippen molar-refractivity contribution in [1.82, 2.24) is 24.9 Å². The summed E-state index contributed by atoms with van der Waals surface area (Å²) < 4.78 is 4.96. The number of aromatic nitrogens is 4. The van der Waals surface area contributed by atoms with E-state index >= 15 is 0 Å². The average molecular weight is 416 g/mol. The molecule has 1 N–H and O–H groups in total. The third kappa shape index (κ3) is 4.43. The Labute approximate surface area is 163 Å². The number of nitrogens with zero attached hydrogens (tertiary/aromatic N) is 4. The summed E-state index contributed by atoms with van der Waals surface area (Å²) in [5.74, 6) is 0. The molecule has 2 aromatic heterocycles. The fourth-order valence-corrected chi connectivity index (χ4v) is 3.63. The summed E-state index contributed by atoms with van der Waals surface area (Å²) in [6.07, 6.45) is 5.79. The van der Waals surface area contributed by atoms with E-state index in [0.29, 0.717) is 0 Å². The molecule has 3 aromatic rings. The number of aryl methyl sites for hydroxylation is 2. The summed E-state index contributed by atoms with van der Waals surface area (Å²) in [4.78, 5) is 0. The number of rotatable bonds is 8. The molecule has 0 radical (unpaired) electrons. The van der Waals surface area contributed by atoms with Crippen LogP contribution in [0.5, 0.6) is 0 Å². The maximum atomic E-state index is 4.64. The molecule has 0 atom stereocenters. The van der Waals surface area contributed by atoms with Gasteiger partial charge in [-0.3, -0.25) is 9.36 Å². The van der Waals surface area contributed by atoms with Crippen molar-refractivity contribution in [2.24, 2.45) is 7.05 Å². The van der Waals surface area contributed by atoms with Crippen molar-refractivity contribution in [3.05, 3.63) is 69.2 Å². The Kier molecular flexibility index (Phi) is 6.27. The second-order valence-corrected chi connectivity index (χ2v) is 7.39. The van der Waals surface area contributed by atoms with Gasteiger partial charge in [0, 0.05) is 37.6 Å². The molecule has 0 aliphatic heterocycles. The first kappa shape index (κ1) is 18.9. The van der Waals surface area contributed by atoms with Gasteiger partial charge >= 0.3 is 0 Å². The third-order valence-corrected chi connectivity index (χ3v) is 5.04. The molecule has 2 heterocycles. The van der Waals surface area contributed by atoms with Gasteiger partial charge in [0.25, 0.3) is 0 Å². The standard InChI is InChI=1S/C20H26BrN5/c1-4-19-18(20(5-2)25(3)24-19)12-22-10-15-6-8-16(9-7-15)13-26-14-17(21)11-23-26/h6-9,11,14,22H,4-5,10,12-13H2,1-3H3. The van der Waals surface area contributed by atoms with Crippen LogP contribution in [0.4, 0.5) is 0 Å². The van der Waals surface area contributed by atoms with Crippen molar-refractivity contribution in [3.8, 4) is 0 Å². The summed E-state index contributed by atoms with van der Waals surface area (Å²) in [6, 6.07) is 8.72. The van der Waals surface area contributed by atoms with Crippen LogP contribution in [0.25, 0.3) is 0 Å². The highest BCUT2D eigenvalue weighted by Gasteiger charge is 2.12. The first-order valence-corrected chi connectivity index (χ1v) is 9.90. The molecular formula is C20H26BrN5. The summed E-state index contributed by atoms with van der Waals surface area (Å²) in [5.41, 5.74) is 6.43. The molecule has 6 heteroatoms. The van der Waals surface area contributed by atoms with Crippen LogP contribution in [0, 0.1) is 0 Å².